The maximum atomic E-state index is 12.2. The maximum absolute atomic E-state index is 12.2. The third-order valence-electron chi connectivity index (χ3n) is 3.43. The standard InChI is InChI=1S/C15H14N6O4S/c1-7-3-5-17-15-18-11(20-21(7)15)14(24)25-8(2)12(23)19-13-9(10(16)22)4-6-26-13/h3-6,8H,1-2H3,(H2,16,22)(H,19,23)/t8-/m0/s1. The Morgan fingerprint density at radius 2 is 2.12 bits per heavy atom. The summed E-state index contributed by atoms with van der Waals surface area (Å²) < 4.78 is 6.48. The number of thiophene rings is 1. The van der Waals surface area contributed by atoms with E-state index in [0.29, 0.717) is 0 Å². The highest BCUT2D eigenvalue weighted by atomic mass is 32.1. The quantitative estimate of drug-likeness (QED) is 0.628. The molecule has 3 aromatic heterocycles. The summed E-state index contributed by atoms with van der Waals surface area (Å²) in [5.74, 6) is -2.10. The van der Waals surface area contributed by atoms with E-state index in [0.717, 1.165) is 17.0 Å². The SMILES string of the molecule is Cc1ccnc2nc(C(=O)O[C@@H](C)C(=O)Nc3sccc3C(N)=O)nn12. The number of primary amides is 1. The van der Waals surface area contributed by atoms with Crippen LogP contribution in [-0.4, -0.2) is 43.5 Å². The lowest BCUT2D eigenvalue weighted by Gasteiger charge is -2.12. The summed E-state index contributed by atoms with van der Waals surface area (Å²) in [5.41, 5.74) is 6.15. The first-order valence-electron chi connectivity index (χ1n) is 7.44. The second-order valence-corrected chi connectivity index (χ2v) is 6.21. The van der Waals surface area contributed by atoms with Gasteiger partial charge in [-0.3, -0.25) is 9.59 Å². The molecule has 0 aromatic carbocycles. The minimum absolute atomic E-state index is 0.186. The summed E-state index contributed by atoms with van der Waals surface area (Å²) in [6.07, 6.45) is 0.410. The number of nitrogens with one attached hydrogen (secondary N) is 1. The molecule has 0 saturated heterocycles. The van der Waals surface area contributed by atoms with Crippen LogP contribution in [0.1, 0.15) is 33.6 Å². The van der Waals surface area contributed by atoms with Crippen LogP contribution in [0.3, 0.4) is 0 Å². The fraction of sp³-hybridized carbons (Fsp3) is 0.200. The minimum Gasteiger partial charge on any atom is -0.447 e. The zero-order chi connectivity index (χ0) is 18.8. The van der Waals surface area contributed by atoms with Crippen molar-refractivity contribution in [3.05, 3.63) is 40.8 Å². The Balaban J connectivity index is 1.69. The van der Waals surface area contributed by atoms with Crippen molar-refractivity contribution < 1.29 is 19.1 Å². The normalized spacial score (nSPS) is 11.9. The van der Waals surface area contributed by atoms with Crippen LogP contribution in [-0.2, 0) is 9.53 Å². The number of hydrogen-bond donors (Lipinski definition) is 2. The molecule has 0 fully saturated rings. The molecule has 0 aliphatic carbocycles. The van der Waals surface area contributed by atoms with Crippen molar-refractivity contribution in [2.75, 3.05) is 5.32 Å². The van der Waals surface area contributed by atoms with Crippen LogP contribution in [0.2, 0.25) is 0 Å². The van der Waals surface area contributed by atoms with Crippen LogP contribution in [0.15, 0.2) is 23.7 Å². The number of nitrogens with two attached hydrogens (primary N) is 1. The van der Waals surface area contributed by atoms with Gasteiger partial charge < -0.3 is 15.8 Å². The number of nitrogens with zero attached hydrogens (tertiary/aromatic N) is 4. The first-order chi connectivity index (χ1) is 12.4. The molecule has 2 amide bonds. The molecule has 3 N–H and O–H groups in total. The lowest BCUT2D eigenvalue weighted by atomic mass is 10.3. The predicted molar refractivity (Wildman–Crippen MR) is 91.9 cm³/mol. The van der Waals surface area contributed by atoms with Gasteiger partial charge in [-0.15, -0.1) is 16.4 Å². The number of carbonyl (C=O) groups excluding carboxylic acids is 3. The maximum Gasteiger partial charge on any atom is 0.379 e. The number of rotatable bonds is 5. The van der Waals surface area contributed by atoms with Crippen molar-refractivity contribution >= 4 is 39.9 Å². The molecule has 1 atom stereocenters. The largest absolute Gasteiger partial charge is 0.447 e. The van der Waals surface area contributed by atoms with Gasteiger partial charge in [0.15, 0.2) is 6.10 Å². The van der Waals surface area contributed by atoms with Gasteiger partial charge >= 0.3 is 5.97 Å². The summed E-state index contributed by atoms with van der Waals surface area (Å²) >= 11 is 1.13. The van der Waals surface area contributed by atoms with Gasteiger partial charge in [0.2, 0.25) is 0 Å². The average molecular weight is 374 g/mol. The minimum atomic E-state index is -1.13. The smallest absolute Gasteiger partial charge is 0.379 e. The highest BCUT2D eigenvalue weighted by Crippen LogP contribution is 2.23. The Morgan fingerprint density at radius 3 is 2.81 bits per heavy atom. The second-order valence-electron chi connectivity index (χ2n) is 5.30. The Hall–Kier alpha value is -3.34. The fourth-order valence-electron chi connectivity index (χ4n) is 2.07. The van der Waals surface area contributed by atoms with E-state index in [-0.39, 0.29) is 22.2 Å². The van der Waals surface area contributed by atoms with E-state index in [1.165, 1.54) is 17.5 Å². The van der Waals surface area contributed by atoms with Gasteiger partial charge in [0.25, 0.3) is 23.4 Å². The van der Waals surface area contributed by atoms with Crippen LogP contribution >= 0.6 is 11.3 Å². The number of ether oxygens (including phenoxy) is 1. The molecular weight excluding hydrogens is 360 g/mol. The third kappa shape index (κ3) is 3.37. The number of fused-ring (bicyclic) bond motifs is 1. The number of amides is 2. The summed E-state index contributed by atoms with van der Waals surface area (Å²) in [4.78, 5) is 43.6. The molecule has 3 rings (SSSR count). The molecule has 26 heavy (non-hydrogen) atoms. The molecule has 0 aliphatic heterocycles. The number of hydrogen-bond acceptors (Lipinski definition) is 8. The van der Waals surface area contributed by atoms with Crippen LogP contribution in [0.25, 0.3) is 5.78 Å². The van der Waals surface area contributed by atoms with Gasteiger partial charge in [-0.2, -0.15) is 4.98 Å². The molecule has 0 spiro atoms. The zero-order valence-corrected chi connectivity index (χ0v) is 14.6. The van der Waals surface area contributed by atoms with Crippen LogP contribution < -0.4 is 11.1 Å². The van der Waals surface area contributed by atoms with Crippen LogP contribution in [0.4, 0.5) is 5.00 Å². The molecule has 0 aliphatic rings. The van der Waals surface area contributed by atoms with Crippen molar-refractivity contribution in [1.29, 1.82) is 0 Å². The van der Waals surface area contributed by atoms with E-state index in [1.807, 2.05) is 0 Å². The number of anilines is 1. The van der Waals surface area contributed by atoms with Crippen molar-refractivity contribution in [3.63, 3.8) is 0 Å². The molecule has 3 aromatic rings. The first kappa shape index (κ1) is 17.5. The number of aryl methyl sites for hydroxylation is 1. The molecule has 0 bridgehead atoms. The zero-order valence-electron chi connectivity index (χ0n) is 13.8. The molecule has 0 radical (unpaired) electrons. The summed E-state index contributed by atoms with van der Waals surface area (Å²) in [6, 6.07) is 3.21. The molecule has 0 unspecified atom stereocenters. The molecule has 11 heteroatoms. The average Bonchev–Trinajstić information content (AvgIpc) is 3.22. The van der Waals surface area contributed by atoms with E-state index in [1.54, 1.807) is 24.6 Å². The van der Waals surface area contributed by atoms with Crippen molar-refractivity contribution in [1.82, 2.24) is 19.6 Å². The van der Waals surface area contributed by atoms with Gasteiger partial charge in [-0.05, 0) is 31.4 Å². The van der Waals surface area contributed by atoms with E-state index < -0.39 is 23.9 Å². The summed E-state index contributed by atoms with van der Waals surface area (Å²) in [6.45, 7) is 3.18. The second kappa shape index (κ2) is 6.88. The molecule has 0 saturated carbocycles. The van der Waals surface area contributed by atoms with Gasteiger partial charge in [0, 0.05) is 11.9 Å². The van der Waals surface area contributed by atoms with Gasteiger partial charge in [-0.1, -0.05) is 0 Å². The Morgan fingerprint density at radius 1 is 1.35 bits per heavy atom. The predicted octanol–water partition coefficient (Wildman–Crippen LogP) is 0.777. The Kier molecular flexibility index (Phi) is 4.63. The fourth-order valence-corrected chi connectivity index (χ4v) is 2.87. The highest BCUT2D eigenvalue weighted by molar-refractivity contribution is 7.14. The van der Waals surface area contributed by atoms with Crippen molar-refractivity contribution in [2.24, 2.45) is 5.73 Å². The van der Waals surface area contributed by atoms with Crippen LogP contribution in [0.5, 0.6) is 0 Å². The van der Waals surface area contributed by atoms with Gasteiger partial charge in [-0.25, -0.2) is 14.3 Å². The topological polar surface area (TPSA) is 142 Å². The van der Waals surface area contributed by atoms with E-state index in [9.17, 15) is 14.4 Å². The van der Waals surface area contributed by atoms with Crippen LogP contribution in [0, 0.1) is 6.92 Å². The molecule has 10 nitrogen and oxygen atoms in total. The molecular formula is C15H14N6O4S. The Bertz CT molecular complexity index is 1010. The molecule has 3 heterocycles. The lowest BCUT2D eigenvalue weighted by molar-refractivity contribution is -0.123. The monoisotopic (exact) mass is 374 g/mol. The van der Waals surface area contributed by atoms with E-state index in [2.05, 4.69) is 20.4 Å². The first-order valence-corrected chi connectivity index (χ1v) is 8.32. The molecule has 134 valence electrons. The van der Waals surface area contributed by atoms with Gasteiger partial charge in [0.05, 0.1) is 5.56 Å². The lowest BCUT2D eigenvalue weighted by Crippen LogP contribution is -2.30. The third-order valence-corrected chi connectivity index (χ3v) is 4.26. The number of esters is 1. The highest BCUT2D eigenvalue weighted by Gasteiger charge is 2.24. The summed E-state index contributed by atoms with van der Waals surface area (Å²) in [5, 5.41) is 8.42. The Labute approximate surface area is 151 Å². The van der Waals surface area contributed by atoms with Gasteiger partial charge in [0.1, 0.15) is 5.00 Å². The summed E-state index contributed by atoms with van der Waals surface area (Å²) in [7, 11) is 0. The van der Waals surface area contributed by atoms with Crippen molar-refractivity contribution in [2.45, 2.75) is 20.0 Å². The number of aromatic nitrogens is 4. The van der Waals surface area contributed by atoms with Crippen molar-refractivity contribution in [3.8, 4) is 0 Å². The van der Waals surface area contributed by atoms with E-state index in [4.69, 9.17) is 10.5 Å². The number of carbonyl (C=O) groups is 3. The van der Waals surface area contributed by atoms with E-state index >= 15 is 0 Å².